The third-order valence-electron chi connectivity index (χ3n) is 14.5. The fourth-order valence-electron chi connectivity index (χ4n) is 11.4. The van der Waals surface area contributed by atoms with Gasteiger partial charge in [-0.3, -0.25) is 0 Å². The minimum atomic E-state index is 0.870. The van der Waals surface area contributed by atoms with Crippen LogP contribution >= 0.6 is 0 Å². The summed E-state index contributed by atoms with van der Waals surface area (Å²) in [5.74, 6) is 0. The van der Waals surface area contributed by atoms with Gasteiger partial charge in [-0.05, 0) is 144 Å². The summed E-state index contributed by atoms with van der Waals surface area (Å²) in [7, 11) is 0. The van der Waals surface area contributed by atoms with Gasteiger partial charge in [0.1, 0.15) is 11.2 Å². The summed E-state index contributed by atoms with van der Waals surface area (Å²) in [4.78, 5) is 4.70. The molecule has 0 unspecified atom stereocenters. The second-order valence-corrected chi connectivity index (χ2v) is 18.7. The Kier molecular flexibility index (Phi) is 7.85. The standard InChI is InChI=1S/C64H41N3O2/c1-38-12-7-14-44(30-38)65(56-22-10-20-52-48-16-3-5-24-60(48)68-63(52)56)46-28-26-40-34-54-50-18-9-19-51-55-35-41-27-29-47(33-43(41)37-59(55)67(62(50)51)58(54)36-42(40)32-46)66(45-15-8-13-39(2)31-45)57-23-11-21-53-49-17-4-6-25-61(49)69-64(53)57/h3-37H,1-2H3. The van der Waals surface area contributed by atoms with Gasteiger partial charge in [-0.1, -0.05) is 115 Å². The second-order valence-electron chi connectivity index (χ2n) is 18.7. The fraction of sp³-hybridized carbons (Fsp3) is 0.0312. The van der Waals surface area contributed by atoms with Crippen molar-refractivity contribution in [3.05, 3.63) is 223 Å². The van der Waals surface area contributed by atoms with E-state index in [-0.39, 0.29) is 0 Å². The van der Waals surface area contributed by atoms with E-state index in [2.05, 4.69) is 228 Å². The molecule has 0 atom stereocenters. The lowest BCUT2D eigenvalue weighted by Crippen LogP contribution is -2.10. The lowest BCUT2D eigenvalue weighted by molar-refractivity contribution is 0.668. The third kappa shape index (κ3) is 5.59. The first kappa shape index (κ1) is 38.1. The Morgan fingerprint density at radius 2 is 0.739 bits per heavy atom. The number of hydrogen-bond acceptors (Lipinski definition) is 4. The Morgan fingerprint density at radius 1 is 0.319 bits per heavy atom. The minimum Gasteiger partial charge on any atom is -0.454 e. The molecular formula is C64H41N3O2. The number of rotatable bonds is 6. The molecule has 0 radical (unpaired) electrons. The van der Waals surface area contributed by atoms with Gasteiger partial charge >= 0.3 is 0 Å². The molecule has 324 valence electrons. The lowest BCUT2D eigenvalue weighted by atomic mass is 10.0. The monoisotopic (exact) mass is 883 g/mol. The molecule has 15 aromatic rings. The molecule has 5 heteroatoms. The number of aromatic nitrogens is 1. The summed E-state index contributed by atoms with van der Waals surface area (Å²) in [5, 5.41) is 14.2. The van der Waals surface area contributed by atoms with Crippen molar-refractivity contribution in [1.29, 1.82) is 0 Å². The molecular weight excluding hydrogens is 843 g/mol. The maximum Gasteiger partial charge on any atom is 0.159 e. The average molecular weight is 884 g/mol. The molecule has 4 aromatic heterocycles. The van der Waals surface area contributed by atoms with Gasteiger partial charge in [0.2, 0.25) is 0 Å². The quantitative estimate of drug-likeness (QED) is 0.167. The third-order valence-corrected chi connectivity index (χ3v) is 14.5. The first-order valence-corrected chi connectivity index (χ1v) is 23.6. The number of furan rings is 2. The van der Waals surface area contributed by atoms with E-state index in [4.69, 9.17) is 8.83 Å². The van der Waals surface area contributed by atoms with Gasteiger partial charge in [0.05, 0.1) is 27.9 Å². The van der Waals surface area contributed by atoms with Crippen LogP contribution in [-0.4, -0.2) is 4.40 Å². The van der Waals surface area contributed by atoms with Crippen LogP contribution in [-0.2, 0) is 0 Å². The van der Waals surface area contributed by atoms with Gasteiger partial charge in [0.15, 0.2) is 11.2 Å². The van der Waals surface area contributed by atoms with Crippen LogP contribution < -0.4 is 9.80 Å². The molecule has 0 spiro atoms. The van der Waals surface area contributed by atoms with Gasteiger partial charge in [-0.25, -0.2) is 0 Å². The molecule has 0 bridgehead atoms. The maximum absolute atomic E-state index is 6.66. The zero-order valence-corrected chi connectivity index (χ0v) is 37.9. The Morgan fingerprint density at radius 3 is 1.23 bits per heavy atom. The van der Waals surface area contributed by atoms with Gasteiger partial charge in [-0.15, -0.1) is 0 Å². The van der Waals surface area contributed by atoms with Crippen molar-refractivity contribution in [3.8, 4) is 0 Å². The second kappa shape index (κ2) is 14.2. The smallest absolute Gasteiger partial charge is 0.159 e. The maximum atomic E-state index is 6.66. The predicted octanol–water partition coefficient (Wildman–Crippen LogP) is 18.5. The Bertz CT molecular complexity index is 4320. The van der Waals surface area contributed by atoms with Crippen LogP contribution in [0.1, 0.15) is 11.1 Å². The molecule has 0 amide bonds. The molecule has 0 aliphatic rings. The Labute approximate surface area is 396 Å². The molecule has 0 N–H and O–H groups in total. The van der Waals surface area contributed by atoms with E-state index < -0.39 is 0 Å². The fourth-order valence-corrected chi connectivity index (χ4v) is 11.4. The van der Waals surface area contributed by atoms with Crippen molar-refractivity contribution < 1.29 is 8.83 Å². The van der Waals surface area contributed by atoms with Crippen molar-refractivity contribution in [2.24, 2.45) is 0 Å². The van der Waals surface area contributed by atoms with Gasteiger partial charge in [0.25, 0.3) is 0 Å². The Hall–Kier alpha value is -9.06. The summed E-state index contributed by atoms with van der Waals surface area (Å²) in [5.41, 5.74) is 15.8. The molecule has 69 heavy (non-hydrogen) atoms. The van der Waals surface area contributed by atoms with Gasteiger partial charge < -0.3 is 23.0 Å². The Balaban J connectivity index is 0.937. The van der Waals surface area contributed by atoms with Crippen LogP contribution in [0.5, 0.6) is 0 Å². The highest BCUT2D eigenvalue weighted by Gasteiger charge is 2.24. The summed E-state index contributed by atoms with van der Waals surface area (Å²) < 4.78 is 15.8. The number of anilines is 6. The topological polar surface area (TPSA) is 37.2 Å². The van der Waals surface area contributed by atoms with Crippen molar-refractivity contribution in [3.63, 3.8) is 0 Å². The van der Waals surface area contributed by atoms with Gasteiger partial charge in [0, 0.05) is 65.8 Å². The van der Waals surface area contributed by atoms with E-state index in [0.717, 1.165) is 78.0 Å². The van der Waals surface area contributed by atoms with Crippen LogP contribution in [0.2, 0.25) is 0 Å². The number of benzene rings is 11. The van der Waals surface area contributed by atoms with E-state index in [1.54, 1.807) is 0 Å². The molecule has 0 saturated carbocycles. The molecule has 0 aliphatic carbocycles. The minimum absolute atomic E-state index is 0.870. The summed E-state index contributed by atoms with van der Waals surface area (Å²) in [6, 6.07) is 77.2. The summed E-state index contributed by atoms with van der Waals surface area (Å²) in [6.07, 6.45) is 0. The van der Waals surface area contributed by atoms with E-state index in [1.807, 2.05) is 12.1 Å². The summed E-state index contributed by atoms with van der Waals surface area (Å²) >= 11 is 0. The van der Waals surface area contributed by atoms with Crippen molar-refractivity contribution in [2.45, 2.75) is 13.8 Å². The van der Waals surface area contributed by atoms with Crippen molar-refractivity contribution in [1.82, 2.24) is 4.40 Å². The highest BCUT2D eigenvalue weighted by Crippen LogP contribution is 2.47. The summed E-state index contributed by atoms with van der Waals surface area (Å²) in [6.45, 7) is 4.31. The van der Waals surface area contributed by atoms with E-state index in [0.29, 0.717) is 0 Å². The van der Waals surface area contributed by atoms with E-state index in [1.165, 1.54) is 70.8 Å². The van der Waals surface area contributed by atoms with Crippen molar-refractivity contribution in [2.75, 3.05) is 9.80 Å². The molecule has 5 nitrogen and oxygen atoms in total. The molecule has 0 aliphatic heterocycles. The van der Waals surface area contributed by atoms with Gasteiger partial charge in [-0.2, -0.15) is 0 Å². The van der Waals surface area contributed by atoms with Crippen LogP contribution in [0.4, 0.5) is 34.1 Å². The van der Waals surface area contributed by atoms with Crippen LogP contribution in [0, 0.1) is 13.8 Å². The highest BCUT2D eigenvalue weighted by molar-refractivity contribution is 6.26. The molecule has 0 fully saturated rings. The largest absolute Gasteiger partial charge is 0.454 e. The first-order valence-electron chi connectivity index (χ1n) is 23.6. The number of hydrogen-bond donors (Lipinski definition) is 0. The van der Waals surface area contributed by atoms with E-state index >= 15 is 0 Å². The molecule has 15 rings (SSSR count). The van der Waals surface area contributed by atoms with Crippen LogP contribution in [0.25, 0.3) is 104 Å². The number of aryl methyl sites for hydroxylation is 2. The number of nitrogens with zero attached hydrogens (tertiary/aromatic N) is 3. The molecule has 0 saturated heterocycles. The van der Waals surface area contributed by atoms with Crippen LogP contribution in [0.15, 0.2) is 221 Å². The molecule has 11 aromatic carbocycles. The average Bonchev–Trinajstić information content (AvgIpc) is 4.13. The number of fused-ring (bicyclic) bond motifs is 14. The highest BCUT2D eigenvalue weighted by atomic mass is 16.3. The lowest BCUT2D eigenvalue weighted by Gasteiger charge is -2.26. The predicted molar refractivity (Wildman–Crippen MR) is 290 cm³/mol. The number of para-hydroxylation sites is 5. The normalized spacial score (nSPS) is 12.2. The zero-order chi connectivity index (χ0) is 45.5. The molecule has 4 heterocycles. The first-order chi connectivity index (χ1) is 34.0. The zero-order valence-electron chi connectivity index (χ0n) is 37.9. The van der Waals surface area contributed by atoms with Crippen LogP contribution in [0.3, 0.4) is 0 Å². The SMILES string of the molecule is Cc1cccc(N(c2ccc3cc4c5cccc6c7cc8ccc(N(c9cccc(C)c9)c9cccc%10c9oc9ccccc9%10)cc8cc7n(c4cc3c2)c56)c2cccc3c2oc2ccccc23)c1. The van der Waals surface area contributed by atoms with Crippen molar-refractivity contribution >= 4 is 138 Å². The van der Waals surface area contributed by atoms with E-state index in [9.17, 15) is 0 Å².